The second kappa shape index (κ2) is 9.13. The average Bonchev–Trinajstić information content (AvgIpc) is 3.61. The molecule has 2 aromatic carbocycles. The number of hydrogen-bond acceptors (Lipinski definition) is 6. The van der Waals surface area contributed by atoms with Crippen molar-refractivity contribution in [2.75, 3.05) is 25.0 Å². The van der Waals surface area contributed by atoms with Crippen LogP contribution in [0, 0.1) is 11.7 Å². The molecule has 1 spiro atoms. The third-order valence-electron chi connectivity index (χ3n) is 8.19. The SMILES string of the molecule is C[C@@H](C1CC1)N(Cc1ccc(F)cc1)C(=O)CN1C(=O)OC2(CCc3cc(NC4CNC4)ccc32)C1=O. The molecule has 8 nitrogen and oxygen atoms in total. The topological polar surface area (TPSA) is 91.0 Å². The van der Waals surface area contributed by atoms with Gasteiger partial charge >= 0.3 is 6.09 Å². The number of hydrogen-bond donors (Lipinski definition) is 2. The molecule has 1 saturated carbocycles. The van der Waals surface area contributed by atoms with Crippen LogP contribution in [0.1, 0.15) is 42.9 Å². The maximum Gasteiger partial charge on any atom is 0.418 e. The Hall–Kier alpha value is -3.46. The molecule has 2 atom stereocenters. The van der Waals surface area contributed by atoms with Crippen molar-refractivity contribution in [1.82, 2.24) is 15.1 Å². The maximum atomic E-state index is 13.6. The molecule has 2 heterocycles. The molecule has 0 bridgehead atoms. The molecule has 2 aromatic rings. The van der Waals surface area contributed by atoms with Gasteiger partial charge in [-0.2, -0.15) is 0 Å². The third kappa shape index (κ3) is 4.35. The molecule has 2 aliphatic carbocycles. The van der Waals surface area contributed by atoms with E-state index in [9.17, 15) is 18.8 Å². The Morgan fingerprint density at radius 1 is 1.22 bits per heavy atom. The van der Waals surface area contributed by atoms with Gasteiger partial charge < -0.3 is 20.3 Å². The fourth-order valence-electron chi connectivity index (χ4n) is 5.67. The minimum absolute atomic E-state index is 0.0516. The van der Waals surface area contributed by atoms with Crippen LogP contribution in [-0.2, 0) is 32.9 Å². The third-order valence-corrected chi connectivity index (χ3v) is 8.19. The quantitative estimate of drug-likeness (QED) is 0.572. The number of imide groups is 1. The number of carbonyl (C=O) groups excluding carboxylic acids is 3. The number of halogens is 1. The Morgan fingerprint density at radius 2 is 1.97 bits per heavy atom. The lowest BCUT2D eigenvalue weighted by molar-refractivity contribution is -0.143. The zero-order valence-electron chi connectivity index (χ0n) is 20.8. The van der Waals surface area contributed by atoms with Gasteiger partial charge in [-0.15, -0.1) is 0 Å². The minimum atomic E-state index is -1.37. The lowest BCUT2D eigenvalue weighted by atomic mass is 9.94. The molecule has 2 aliphatic heterocycles. The van der Waals surface area contributed by atoms with Crippen molar-refractivity contribution >= 4 is 23.6 Å². The summed E-state index contributed by atoms with van der Waals surface area (Å²) < 4.78 is 19.1. The second-order valence-electron chi connectivity index (χ2n) is 10.7. The number of amides is 3. The Kier molecular flexibility index (Phi) is 5.90. The standard InChI is InChI=1S/C28H31FN4O4/c1-17(19-4-5-19)32(15-18-2-6-21(29)7-3-18)25(34)16-33-26(35)28(37-27(33)36)11-10-20-12-22(8-9-24(20)28)31-23-13-30-14-23/h2-3,6-9,12,17,19,23,30-31H,4-5,10-11,13-16H2,1H3/t17-,28?/m0/s1. The van der Waals surface area contributed by atoms with Gasteiger partial charge in [0.2, 0.25) is 11.5 Å². The first kappa shape index (κ1) is 23.9. The van der Waals surface area contributed by atoms with E-state index in [1.54, 1.807) is 17.0 Å². The van der Waals surface area contributed by atoms with E-state index in [4.69, 9.17) is 4.74 Å². The molecule has 1 unspecified atom stereocenters. The zero-order valence-corrected chi connectivity index (χ0v) is 20.8. The first-order valence-corrected chi connectivity index (χ1v) is 13.0. The van der Waals surface area contributed by atoms with Gasteiger partial charge in [0, 0.05) is 43.3 Å². The van der Waals surface area contributed by atoms with Gasteiger partial charge in [-0.3, -0.25) is 9.59 Å². The Labute approximate surface area is 215 Å². The van der Waals surface area contributed by atoms with Crippen LogP contribution in [0.5, 0.6) is 0 Å². The van der Waals surface area contributed by atoms with Gasteiger partial charge in [-0.25, -0.2) is 14.1 Å². The summed E-state index contributed by atoms with van der Waals surface area (Å²) in [5.41, 5.74) is 2.09. The van der Waals surface area contributed by atoms with Crippen molar-refractivity contribution in [2.45, 2.75) is 56.8 Å². The summed E-state index contributed by atoms with van der Waals surface area (Å²) in [5.74, 6) is -0.753. The van der Waals surface area contributed by atoms with Crippen LogP contribution in [0.4, 0.5) is 14.9 Å². The van der Waals surface area contributed by atoms with Crippen LogP contribution < -0.4 is 10.6 Å². The fourth-order valence-corrected chi connectivity index (χ4v) is 5.67. The van der Waals surface area contributed by atoms with Gasteiger partial charge in [0.15, 0.2) is 0 Å². The van der Waals surface area contributed by atoms with Crippen LogP contribution in [0.3, 0.4) is 0 Å². The summed E-state index contributed by atoms with van der Waals surface area (Å²) in [5, 5.41) is 6.69. The molecule has 3 fully saturated rings. The summed E-state index contributed by atoms with van der Waals surface area (Å²) in [6, 6.07) is 12.2. The lowest BCUT2D eigenvalue weighted by Crippen LogP contribution is -2.51. The summed E-state index contributed by atoms with van der Waals surface area (Å²) in [7, 11) is 0. The van der Waals surface area contributed by atoms with Crippen LogP contribution >= 0.6 is 0 Å². The first-order chi connectivity index (χ1) is 17.8. The van der Waals surface area contributed by atoms with Gasteiger partial charge in [0.1, 0.15) is 12.4 Å². The molecule has 37 heavy (non-hydrogen) atoms. The van der Waals surface area contributed by atoms with E-state index in [1.165, 1.54) is 12.1 Å². The van der Waals surface area contributed by atoms with Crippen molar-refractivity contribution < 1.29 is 23.5 Å². The van der Waals surface area contributed by atoms with Crippen LogP contribution in [0.25, 0.3) is 0 Å². The Bertz CT molecular complexity index is 1240. The predicted molar refractivity (Wildman–Crippen MR) is 134 cm³/mol. The molecule has 2 N–H and O–H groups in total. The molecule has 4 aliphatic rings. The van der Waals surface area contributed by atoms with Crippen LogP contribution in [0.15, 0.2) is 42.5 Å². The monoisotopic (exact) mass is 506 g/mol. The van der Waals surface area contributed by atoms with Crippen LogP contribution in [0.2, 0.25) is 0 Å². The summed E-state index contributed by atoms with van der Waals surface area (Å²) >= 11 is 0. The molecule has 0 aromatic heterocycles. The first-order valence-electron chi connectivity index (χ1n) is 13.0. The van der Waals surface area contributed by atoms with E-state index >= 15 is 0 Å². The van der Waals surface area contributed by atoms with Crippen molar-refractivity contribution in [2.24, 2.45) is 5.92 Å². The molecule has 194 valence electrons. The Balaban J connectivity index is 1.19. The highest BCUT2D eigenvalue weighted by Crippen LogP contribution is 2.46. The fraction of sp³-hybridized carbons (Fsp3) is 0.464. The highest BCUT2D eigenvalue weighted by Gasteiger charge is 2.58. The molecular weight excluding hydrogens is 475 g/mol. The number of aryl methyl sites for hydroxylation is 1. The zero-order chi connectivity index (χ0) is 25.7. The molecular formula is C28H31FN4O4. The molecule has 3 amide bonds. The van der Waals surface area contributed by atoms with Crippen LogP contribution in [-0.4, -0.2) is 59.4 Å². The van der Waals surface area contributed by atoms with Gasteiger partial charge in [-0.05, 0) is 67.5 Å². The lowest BCUT2D eigenvalue weighted by Gasteiger charge is -2.31. The van der Waals surface area contributed by atoms with E-state index in [0.717, 1.165) is 47.6 Å². The van der Waals surface area contributed by atoms with E-state index in [1.807, 2.05) is 25.1 Å². The molecule has 9 heteroatoms. The summed E-state index contributed by atoms with van der Waals surface area (Å²) in [6.07, 6.45) is 2.27. The highest BCUT2D eigenvalue weighted by molar-refractivity contribution is 6.06. The average molecular weight is 507 g/mol. The van der Waals surface area contributed by atoms with Gasteiger partial charge in [0.05, 0.1) is 6.04 Å². The molecule has 0 radical (unpaired) electrons. The number of fused-ring (bicyclic) bond motifs is 2. The van der Waals surface area contributed by atoms with Gasteiger partial charge in [-0.1, -0.05) is 18.2 Å². The smallest absolute Gasteiger partial charge is 0.418 e. The summed E-state index contributed by atoms with van der Waals surface area (Å²) in [4.78, 5) is 42.7. The van der Waals surface area contributed by atoms with E-state index in [0.29, 0.717) is 30.4 Å². The normalized spacial score (nSPS) is 23.6. The largest absolute Gasteiger partial charge is 0.427 e. The van der Waals surface area contributed by atoms with Crippen molar-refractivity contribution in [1.29, 1.82) is 0 Å². The molecule has 6 rings (SSSR count). The number of ether oxygens (including phenoxy) is 1. The van der Waals surface area contributed by atoms with E-state index in [-0.39, 0.29) is 30.9 Å². The van der Waals surface area contributed by atoms with Crippen molar-refractivity contribution in [3.05, 3.63) is 65.0 Å². The number of nitrogens with one attached hydrogen (secondary N) is 2. The Morgan fingerprint density at radius 3 is 2.65 bits per heavy atom. The predicted octanol–water partition coefficient (Wildman–Crippen LogP) is 3.16. The second-order valence-corrected chi connectivity index (χ2v) is 10.7. The van der Waals surface area contributed by atoms with Crippen molar-refractivity contribution in [3.63, 3.8) is 0 Å². The number of anilines is 1. The van der Waals surface area contributed by atoms with Gasteiger partial charge in [0.25, 0.3) is 5.91 Å². The summed E-state index contributed by atoms with van der Waals surface area (Å²) in [6.45, 7) is 3.73. The van der Waals surface area contributed by atoms with E-state index in [2.05, 4.69) is 10.6 Å². The van der Waals surface area contributed by atoms with Crippen molar-refractivity contribution in [3.8, 4) is 0 Å². The van der Waals surface area contributed by atoms with E-state index < -0.39 is 17.6 Å². The minimum Gasteiger partial charge on any atom is -0.427 e. The number of carbonyl (C=O) groups is 3. The maximum absolute atomic E-state index is 13.6. The molecule has 2 saturated heterocycles. The number of benzene rings is 2. The number of rotatable bonds is 8. The number of nitrogens with zero attached hydrogens (tertiary/aromatic N) is 2. The highest BCUT2D eigenvalue weighted by atomic mass is 19.1.